The molecule has 5 heteroatoms. The molecule has 0 saturated carbocycles. The van der Waals surface area contributed by atoms with Gasteiger partial charge in [0, 0.05) is 0 Å². The van der Waals surface area contributed by atoms with E-state index in [-0.39, 0.29) is 6.42 Å². The fourth-order valence-electron chi connectivity index (χ4n) is 0.774. The summed E-state index contributed by atoms with van der Waals surface area (Å²) in [5.41, 5.74) is 5.28. The SMILES string of the molecule is CC(C)CCOC(=O)[C@@H](N)CC(=O)O. The van der Waals surface area contributed by atoms with Gasteiger partial charge < -0.3 is 15.6 Å². The van der Waals surface area contributed by atoms with Crippen molar-refractivity contribution >= 4 is 11.9 Å². The van der Waals surface area contributed by atoms with Gasteiger partial charge in [0.15, 0.2) is 0 Å². The monoisotopic (exact) mass is 203 g/mol. The number of carboxylic acids is 1. The van der Waals surface area contributed by atoms with E-state index < -0.39 is 18.0 Å². The van der Waals surface area contributed by atoms with Gasteiger partial charge >= 0.3 is 11.9 Å². The van der Waals surface area contributed by atoms with E-state index >= 15 is 0 Å². The summed E-state index contributed by atoms with van der Waals surface area (Å²) < 4.78 is 4.79. The largest absolute Gasteiger partial charge is 0.481 e. The normalized spacial score (nSPS) is 12.6. The quantitative estimate of drug-likeness (QED) is 0.609. The van der Waals surface area contributed by atoms with Gasteiger partial charge in [0.1, 0.15) is 6.04 Å². The van der Waals surface area contributed by atoms with Crippen LogP contribution in [0.5, 0.6) is 0 Å². The lowest BCUT2D eigenvalue weighted by atomic mass is 10.1. The van der Waals surface area contributed by atoms with Gasteiger partial charge in [-0.05, 0) is 12.3 Å². The number of nitrogens with two attached hydrogens (primary N) is 1. The molecule has 0 bridgehead atoms. The molecular formula is C9H17NO4. The van der Waals surface area contributed by atoms with E-state index in [0.717, 1.165) is 6.42 Å². The van der Waals surface area contributed by atoms with Gasteiger partial charge in [0.25, 0.3) is 0 Å². The average molecular weight is 203 g/mol. The topological polar surface area (TPSA) is 89.6 Å². The maximum Gasteiger partial charge on any atom is 0.323 e. The highest BCUT2D eigenvalue weighted by molar-refractivity contribution is 5.81. The van der Waals surface area contributed by atoms with E-state index in [9.17, 15) is 9.59 Å². The van der Waals surface area contributed by atoms with Crippen LogP contribution in [0.15, 0.2) is 0 Å². The minimum Gasteiger partial charge on any atom is -0.481 e. The molecule has 5 nitrogen and oxygen atoms in total. The fourth-order valence-corrected chi connectivity index (χ4v) is 0.774. The third-order valence-corrected chi connectivity index (χ3v) is 1.64. The molecule has 0 aromatic heterocycles. The van der Waals surface area contributed by atoms with E-state index in [1.807, 2.05) is 13.8 Å². The van der Waals surface area contributed by atoms with Gasteiger partial charge in [0.05, 0.1) is 13.0 Å². The summed E-state index contributed by atoms with van der Waals surface area (Å²) in [6.07, 6.45) is 0.367. The summed E-state index contributed by atoms with van der Waals surface area (Å²) in [5.74, 6) is -1.30. The van der Waals surface area contributed by atoms with E-state index in [2.05, 4.69) is 0 Å². The zero-order valence-electron chi connectivity index (χ0n) is 8.53. The summed E-state index contributed by atoms with van der Waals surface area (Å²) in [5, 5.41) is 8.36. The number of rotatable bonds is 6. The van der Waals surface area contributed by atoms with Crippen molar-refractivity contribution in [1.82, 2.24) is 0 Å². The predicted molar refractivity (Wildman–Crippen MR) is 50.6 cm³/mol. The van der Waals surface area contributed by atoms with Crippen molar-refractivity contribution in [3.8, 4) is 0 Å². The first kappa shape index (κ1) is 12.9. The minimum atomic E-state index is -1.10. The first-order valence-electron chi connectivity index (χ1n) is 4.57. The second-order valence-corrected chi connectivity index (χ2v) is 3.55. The van der Waals surface area contributed by atoms with Crippen LogP contribution in [0.25, 0.3) is 0 Å². The second kappa shape index (κ2) is 6.37. The molecule has 0 unspecified atom stereocenters. The van der Waals surface area contributed by atoms with Crippen LogP contribution >= 0.6 is 0 Å². The van der Waals surface area contributed by atoms with Crippen LogP contribution < -0.4 is 5.73 Å². The molecule has 1 atom stereocenters. The van der Waals surface area contributed by atoms with Crippen molar-refractivity contribution in [2.24, 2.45) is 11.7 Å². The van der Waals surface area contributed by atoms with E-state index in [1.165, 1.54) is 0 Å². The molecule has 3 N–H and O–H groups in total. The Morgan fingerprint density at radius 1 is 1.43 bits per heavy atom. The number of aliphatic carboxylic acids is 1. The summed E-state index contributed by atoms with van der Waals surface area (Å²) >= 11 is 0. The van der Waals surface area contributed by atoms with Gasteiger partial charge in [-0.15, -0.1) is 0 Å². The van der Waals surface area contributed by atoms with Gasteiger partial charge in [-0.25, -0.2) is 0 Å². The maximum atomic E-state index is 11.0. The Labute approximate surface area is 83.2 Å². The lowest BCUT2D eigenvalue weighted by Crippen LogP contribution is -2.34. The Morgan fingerprint density at radius 2 is 2.00 bits per heavy atom. The van der Waals surface area contributed by atoms with Gasteiger partial charge in [-0.3, -0.25) is 9.59 Å². The van der Waals surface area contributed by atoms with Crippen LogP contribution in [0.4, 0.5) is 0 Å². The van der Waals surface area contributed by atoms with Gasteiger partial charge in [-0.2, -0.15) is 0 Å². The first-order valence-corrected chi connectivity index (χ1v) is 4.57. The summed E-state index contributed by atoms with van der Waals surface area (Å²) in [6.45, 7) is 4.31. The highest BCUT2D eigenvalue weighted by Crippen LogP contribution is 2.00. The van der Waals surface area contributed by atoms with Crippen molar-refractivity contribution in [3.05, 3.63) is 0 Å². The first-order chi connectivity index (χ1) is 6.43. The molecule has 82 valence electrons. The maximum absolute atomic E-state index is 11.0. The lowest BCUT2D eigenvalue weighted by Gasteiger charge is -2.10. The van der Waals surface area contributed by atoms with E-state index in [1.54, 1.807) is 0 Å². The van der Waals surface area contributed by atoms with Gasteiger partial charge in [0.2, 0.25) is 0 Å². The van der Waals surface area contributed by atoms with Gasteiger partial charge in [-0.1, -0.05) is 13.8 Å². The number of hydrogen-bond donors (Lipinski definition) is 2. The molecule has 0 radical (unpaired) electrons. The molecule has 0 heterocycles. The van der Waals surface area contributed by atoms with Crippen LogP contribution in [-0.4, -0.2) is 29.7 Å². The molecule has 0 aromatic rings. The Morgan fingerprint density at radius 3 is 2.43 bits per heavy atom. The Bertz CT molecular complexity index is 203. The predicted octanol–water partition coefficient (Wildman–Crippen LogP) is 0.378. The smallest absolute Gasteiger partial charge is 0.323 e. The summed E-state index contributed by atoms with van der Waals surface area (Å²) in [4.78, 5) is 21.3. The number of carbonyl (C=O) groups is 2. The lowest BCUT2D eigenvalue weighted by molar-refractivity contribution is -0.149. The molecule has 0 spiro atoms. The number of hydrogen-bond acceptors (Lipinski definition) is 4. The van der Waals surface area contributed by atoms with E-state index in [0.29, 0.717) is 12.5 Å². The molecular weight excluding hydrogens is 186 g/mol. The highest BCUT2D eigenvalue weighted by atomic mass is 16.5. The number of ether oxygens (including phenoxy) is 1. The number of carbonyl (C=O) groups excluding carboxylic acids is 1. The Hall–Kier alpha value is -1.10. The summed E-state index contributed by atoms with van der Waals surface area (Å²) in [7, 11) is 0. The van der Waals surface area contributed by atoms with Crippen molar-refractivity contribution in [1.29, 1.82) is 0 Å². The van der Waals surface area contributed by atoms with Crippen LogP contribution in [0.3, 0.4) is 0 Å². The molecule has 0 aliphatic rings. The van der Waals surface area contributed by atoms with Crippen LogP contribution in [0.1, 0.15) is 26.7 Å². The fraction of sp³-hybridized carbons (Fsp3) is 0.778. The van der Waals surface area contributed by atoms with Crippen LogP contribution in [0.2, 0.25) is 0 Å². The number of esters is 1. The molecule has 14 heavy (non-hydrogen) atoms. The third-order valence-electron chi connectivity index (χ3n) is 1.64. The molecule has 0 fully saturated rings. The molecule has 0 rings (SSSR count). The zero-order chi connectivity index (χ0) is 11.1. The highest BCUT2D eigenvalue weighted by Gasteiger charge is 2.18. The molecule has 0 saturated heterocycles. The van der Waals surface area contributed by atoms with Crippen LogP contribution in [-0.2, 0) is 14.3 Å². The van der Waals surface area contributed by atoms with Crippen molar-refractivity contribution in [2.45, 2.75) is 32.7 Å². The number of carboxylic acid groups (broad SMARTS) is 1. The molecule has 0 aliphatic carbocycles. The van der Waals surface area contributed by atoms with E-state index in [4.69, 9.17) is 15.6 Å². The molecule has 0 amide bonds. The summed E-state index contributed by atoms with van der Waals surface area (Å²) in [6, 6.07) is -1.06. The standard InChI is InChI=1S/C9H17NO4/c1-6(2)3-4-14-9(13)7(10)5-8(11)12/h6-7H,3-5,10H2,1-2H3,(H,11,12)/t7-/m0/s1. The molecule has 0 aliphatic heterocycles. The third kappa shape index (κ3) is 6.42. The van der Waals surface area contributed by atoms with Crippen molar-refractivity contribution in [2.75, 3.05) is 6.61 Å². The van der Waals surface area contributed by atoms with Crippen molar-refractivity contribution < 1.29 is 19.4 Å². The zero-order valence-corrected chi connectivity index (χ0v) is 8.53. The Kier molecular flexibility index (Phi) is 5.87. The van der Waals surface area contributed by atoms with Crippen molar-refractivity contribution in [3.63, 3.8) is 0 Å². The second-order valence-electron chi connectivity index (χ2n) is 3.55. The Balaban J connectivity index is 3.67. The average Bonchev–Trinajstić information content (AvgIpc) is 2.01. The molecule has 0 aromatic carbocycles. The van der Waals surface area contributed by atoms with Crippen LogP contribution in [0, 0.1) is 5.92 Å². The minimum absolute atomic E-state index is 0.295.